The van der Waals surface area contributed by atoms with E-state index in [0.717, 1.165) is 16.5 Å². The number of hydrogen-bond donors (Lipinski definition) is 0. The molecule has 0 bridgehead atoms. The van der Waals surface area contributed by atoms with Gasteiger partial charge in [-0.05, 0) is 26.8 Å². The van der Waals surface area contributed by atoms with Crippen LogP contribution in [0.3, 0.4) is 0 Å². The van der Waals surface area contributed by atoms with Crippen LogP contribution in [0.2, 0.25) is 0 Å². The molecule has 0 amide bonds. The van der Waals surface area contributed by atoms with Gasteiger partial charge in [0.1, 0.15) is 16.1 Å². The molecule has 5 heteroatoms. The van der Waals surface area contributed by atoms with E-state index < -0.39 is 11.4 Å². The van der Waals surface area contributed by atoms with Crippen molar-refractivity contribution >= 4 is 28.5 Å². The third kappa shape index (κ3) is 2.57. The topological polar surface area (TPSA) is 53.2 Å². The van der Waals surface area contributed by atoms with Crippen molar-refractivity contribution in [3.63, 3.8) is 0 Å². The van der Waals surface area contributed by atoms with Gasteiger partial charge in [-0.25, -0.2) is 0 Å². The molecule has 18 heavy (non-hydrogen) atoms. The van der Waals surface area contributed by atoms with E-state index in [1.54, 1.807) is 12.4 Å². The molecule has 0 aliphatic heterocycles. The maximum atomic E-state index is 11.9. The minimum absolute atomic E-state index is 0.334. The summed E-state index contributed by atoms with van der Waals surface area (Å²) < 4.78 is 17.5. The number of aryl methyl sites for hydroxylation is 1. The molecule has 0 unspecified atom stereocenters. The molecular weight excluding hydrogens is 246 g/mol. The summed E-state index contributed by atoms with van der Waals surface area (Å²) in [6.07, 6.45) is 3.47. The van der Waals surface area contributed by atoms with Crippen LogP contribution >= 0.6 is 0 Å². The Morgan fingerprint density at radius 2 is 2.11 bits per heavy atom. The molecule has 0 saturated heterocycles. The van der Waals surface area contributed by atoms with Crippen molar-refractivity contribution in [2.45, 2.75) is 25.5 Å². The van der Waals surface area contributed by atoms with Gasteiger partial charge in [0, 0.05) is 18.0 Å². The van der Waals surface area contributed by atoms with E-state index in [2.05, 4.69) is 9.50 Å². The summed E-state index contributed by atoms with van der Waals surface area (Å²) in [5, 5.41) is 5.23. The second-order valence-corrected chi connectivity index (χ2v) is 7.08. The summed E-state index contributed by atoms with van der Waals surface area (Å²) in [6, 6.07) is 5.90. The van der Waals surface area contributed by atoms with Crippen molar-refractivity contribution < 1.29 is 4.55 Å². The Morgan fingerprint density at radius 1 is 1.39 bits per heavy atom. The van der Waals surface area contributed by atoms with E-state index in [-0.39, 0.29) is 4.75 Å². The molecule has 0 aliphatic carbocycles. The molecule has 1 aromatic carbocycles. The van der Waals surface area contributed by atoms with Gasteiger partial charge in [0.2, 0.25) is 0 Å². The molecule has 4 nitrogen and oxygen atoms in total. The summed E-state index contributed by atoms with van der Waals surface area (Å²) in [5.74, 6) is 0. The van der Waals surface area contributed by atoms with Gasteiger partial charge in [0.15, 0.2) is 0 Å². The predicted molar refractivity (Wildman–Crippen MR) is 76.2 cm³/mol. The Kier molecular flexibility index (Phi) is 3.45. The highest BCUT2D eigenvalue weighted by molar-refractivity contribution is 7.91. The van der Waals surface area contributed by atoms with Gasteiger partial charge >= 0.3 is 0 Å². The summed E-state index contributed by atoms with van der Waals surface area (Å²) in [5.41, 5.74) is 1.98. The first kappa shape index (κ1) is 13.1. The van der Waals surface area contributed by atoms with Crippen LogP contribution in [-0.4, -0.2) is 25.3 Å². The molecule has 0 N–H and O–H groups in total. The molecule has 1 atom stereocenters. The van der Waals surface area contributed by atoms with Crippen LogP contribution in [0, 0.1) is 0 Å². The van der Waals surface area contributed by atoms with Crippen LogP contribution in [-0.2, 0) is 18.4 Å². The van der Waals surface area contributed by atoms with Crippen molar-refractivity contribution in [3.8, 4) is 0 Å². The van der Waals surface area contributed by atoms with Crippen LogP contribution in [0.25, 0.3) is 10.9 Å². The molecule has 0 fully saturated rings. The van der Waals surface area contributed by atoms with E-state index in [1.807, 2.05) is 50.7 Å². The highest BCUT2D eigenvalue weighted by Crippen LogP contribution is 2.19. The van der Waals surface area contributed by atoms with Crippen LogP contribution in [0.15, 0.2) is 28.8 Å². The lowest BCUT2D eigenvalue weighted by molar-refractivity contribution is 0.562. The number of rotatable bonds is 2. The molecule has 0 saturated carbocycles. The molecule has 96 valence electrons. The second kappa shape index (κ2) is 4.74. The fraction of sp³-hybridized carbons (Fsp3) is 0.385. The Labute approximate surface area is 110 Å². The first-order chi connectivity index (χ1) is 8.39. The van der Waals surface area contributed by atoms with Crippen molar-refractivity contribution in [3.05, 3.63) is 30.0 Å². The Bertz CT molecular complexity index is 583. The lowest BCUT2D eigenvalue weighted by Gasteiger charge is -2.17. The van der Waals surface area contributed by atoms with E-state index >= 15 is 0 Å². The summed E-state index contributed by atoms with van der Waals surface area (Å²) in [7, 11) is 1.90. The zero-order valence-corrected chi connectivity index (χ0v) is 11.9. The standard InChI is InChI=1S/C13H17N3OS/c1-13(2,3)18(17)15-8-10-6-5-7-12-11(10)9-14-16(12)4/h5-9H,1-4H3/t18-/m1/s1. The number of nitrogens with zero attached hydrogens (tertiary/aromatic N) is 3. The first-order valence-corrected chi connectivity index (χ1v) is 6.87. The predicted octanol–water partition coefficient (Wildman–Crippen LogP) is 2.45. The van der Waals surface area contributed by atoms with Gasteiger partial charge in [-0.2, -0.15) is 5.10 Å². The van der Waals surface area contributed by atoms with Gasteiger partial charge in [-0.15, -0.1) is 0 Å². The van der Waals surface area contributed by atoms with Gasteiger partial charge in [0.05, 0.1) is 17.9 Å². The molecule has 0 radical (unpaired) electrons. The van der Waals surface area contributed by atoms with E-state index in [0.29, 0.717) is 0 Å². The van der Waals surface area contributed by atoms with Crippen molar-refractivity contribution in [2.24, 2.45) is 11.4 Å². The maximum absolute atomic E-state index is 11.9. The van der Waals surface area contributed by atoms with Crippen molar-refractivity contribution in [2.75, 3.05) is 0 Å². The molecule has 1 heterocycles. The minimum atomic E-state index is -1.23. The molecular formula is C13H17N3OS. The fourth-order valence-electron chi connectivity index (χ4n) is 1.58. The third-order valence-electron chi connectivity index (χ3n) is 2.64. The van der Waals surface area contributed by atoms with Gasteiger partial charge in [-0.3, -0.25) is 4.68 Å². The van der Waals surface area contributed by atoms with Crippen LogP contribution < -0.4 is 0 Å². The minimum Gasteiger partial charge on any atom is -0.591 e. The van der Waals surface area contributed by atoms with Gasteiger partial charge in [-0.1, -0.05) is 16.5 Å². The second-order valence-electron chi connectivity index (χ2n) is 5.14. The zero-order chi connectivity index (χ0) is 13.3. The summed E-state index contributed by atoms with van der Waals surface area (Å²) >= 11 is -1.23. The van der Waals surface area contributed by atoms with E-state index in [9.17, 15) is 4.55 Å². The van der Waals surface area contributed by atoms with Crippen LogP contribution in [0.4, 0.5) is 0 Å². The Hall–Kier alpha value is -1.33. The third-order valence-corrected chi connectivity index (χ3v) is 3.98. The first-order valence-electron chi connectivity index (χ1n) is 5.76. The number of fused-ring (bicyclic) bond motifs is 1. The van der Waals surface area contributed by atoms with Gasteiger partial charge in [0.25, 0.3) is 0 Å². The average Bonchev–Trinajstić information content (AvgIpc) is 2.67. The molecule has 0 spiro atoms. The Morgan fingerprint density at radius 3 is 2.78 bits per heavy atom. The highest BCUT2D eigenvalue weighted by Gasteiger charge is 2.25. The molecule has 2 rings (SSSR count). The SMILES string of the molecule is Cn1ncc2c(C=N[S@+]([O-])C(C)(C)C)cccc21. The molecule has 2 aromatic rings. The zero-order valence-electron chi connectivity index (χ0n) is 11.0. The Balaban J connectivity index is 2.35. The largest absolute Gasteiger partial charge is 0.591 e. The average molecular weight is 263 g/mol. The highest BCUT2D eigenvalue weighted by atomic mass is 32.2. The lowest BCUT2D eigenvalue weighted by atomic mass is 10.1. The van der Waals surface area contributed by atoms with Crippen molar-refractivity contribution in [1.29, 1.82) is 0 Å². The maximum Gasteiger partial charge on any atom is 0.144 e. The summed E-state index contributed by atoms with van der Waals surface area (Å²) in [6.45, 7) is 5.72. The van der Waals surface area contributed by atoms with Crippen molar-refractivity contribution in [1.82, 2.24) is 9.78 Å². The van der Waals surface area contributed by atoms with Crippen LogP contribution in [0.5, 0.6) is 0 Å². The van der Waals surface area contributed by atoms with Crippen LogP contribution in [0.1, 0.15) is 26.3 Å². The van der Waals surface area contributed by atoms with E-state index in [4.69, 9.17) is 0 Å². The number of benzene rings is 1. The van der Waals surface area contributed by atoms with Gasteiger partial charge < -0.3 is 4.55 Å². The number of aromatic nitrogens is 2. The fourth-order valence-corrected chi connectivity index (χ4v) is 2.10. The normalized spacial score (nSPS) is 14.5. The molecule has 1 aromatic heterocycles. The summed E-state index contributed by atoms with van der Waals surface area (Å²) in [4.78, 5) is 0. The lowest BCUT2D eigenvalue weighted by Crippen LogP contribution is -2.25. The monoisotopic (exact) mass is 263 g/mol. The quantitative estimate of drug-likeness (QED) is 0.617. The smallest absolute Gasteiger partial charge is 0.144 e. The number of hydrogen-bond acceptors (Lipinski definition) is 3. The molecule has 0 aliphatic rings. The van der Waals surface area contributed by atoms with E-state index in [1.165, 1.54) is 0 Å².